The van der Waals surface area contributed by atoms with Crippen molar-refractivity contribution in [3.05, 3.63) is 77.7 Å². The van der Waals surface area contributed by atoms with Gasteiger partial charge in [-0.3, -0.25) is 9.48 Å². The number of amides is 1. The lowest BCUT2D eigenvalue weighted by Crippen LogP contribution is -2.36. The first-order chi connectivity index (χ1) is 17.8. The lowest BCUT2D eigenvalue weighted by atomic mass is 10.1. The molecule has 5 rings (SSSR count). The van der Waals surface area contributed by atoms with Gasteiger partial charge in [-0.25, -0.2) is 4.98 Å². The van der Waals surface area contributed by atoms with Crippen LogP contribution < -0.4 is 10.2 Å². The second-order valence-corrected chi connectivity index (χ2v) is 10.4. The second kappa shape index (κ2) is 10.2. The largest absolute Gasteiger partial charge is 0.378 e. The highest BCUT2D eigenvalue weighted by molar-refractivity contribution is 5.92. The zero-order valence-electron chi connectivity index (χ0n) is 21.9. The van der Waals surface area contributed by atoms with Crippen molar-refractivity contribution < 1.29 is 9.53 Å². The number of imidazole rings is 1. The number of benzene rings is 2. The molecule has 0 saturated carbocycles. The number of morpholine rings is 1. The van der Waals surface area contributed by atoms with Crippen molar-refractivity contribution >= 4 is 11.6 Å². The zero-order valence-corrected chi connectivity index (χ0v) is 21.9. The van der Waals surface area contributed by atoms with Crippen molar-refractivity contribution in [2.24, 2.45) is 0 Å². The van der Waals surface area contributed by atoms with Gasteiger partial charge in [0, 0.05) is 30.9 Å². The summed E-state index contributed by atoms with van der Waals surface area (Å²) in [5.74, 6) is 0.683. The first-order valence-electron chi connectivity index (χ1n) is 12.7. The van der Waals surface area contributed by atoms with Crippen LogP contribution in [-0.4, -0.2) is 52.0 Å². The number of hydrogen-bond donors (Lipinski definition) is 2. The molecule has 0 atom stereocenters. The minimum absolute atomic E-state index is 0.130. The van der Waals surface area contributed by atoms with E-state index in [0.717, 1.165) is 60.2 Å². The molecule has 0 unspecified atom stereocenters. The molecule has 0 radical (unpaired) electrons. The van der Waals surface area contributed by atoms with Crippen molar-refractivity contribution in [2.45, 2.75) is 39.8 Å². The number of nitrogens with one attached hydrogen (secondary N) is 2. The number of carbonyl (C=O) groups is 1. The molecule has 2 N–H and O–H groups in total. The van der Waals surface area contributed by atoms with E-state index < -0.39 is 0 Å². The number of H-pyrrole nitrogens is 1. The van der Waals surface area contributed by atoms with Gasteiger partial charge in [0.1, 0.15) is 11.5 Å². The van der Waals surface area contributed by atoms with E-state index >= 15 is 0 Å². The smallest absolute Gasteiger partial charge is 0.269 e. The third kappa shape index (κ3) is 5.59. The molecule has 1 fully saturated rings. The quantitative estimate of drug-likeness (QED) is 0.400. The SMILES string of the molecule is Cc1cc(C(=O)NCc2ccc(-c3ncc(-c4ccc(N5CCOCC5)cc4)[nH]3)cc2)n(C(C)(C)C)n1. The summed E-state index contributed by atoms with van der Waals surface area (Å²) in [6.07, 6.45) is 1.87. The maximum atomic E-state index is 12.8. The third-order valence-corrected chi connectivity index (χ3v) is 6.51. The standard InChI is InChI=1S/C29H34N6O2/c1-20-17-26(35(33-20)29(2,3)4)28(36)31-18-21-5-7-23(8-6-21)27-30-19-25(32-27)22-9-11-24(12-10-22)34-13-15-37-16-14-34/h5-12,17,19H,13-16,18H2,1-4H3,(H,30,32)(H,31,36). The number of anilines is 1. The van der Waals surface area contributed by atoms with E-state index in [9.17, 15) is 4.79 Å². The number of ether oxygens (including phenoxy) is 1. The summed E-state index contributed by atoms with van der Waals surface area (Å²) in [6, 6.07) is 18.5. The molecule has 1 aliphatic heterocycles. The Morgan fingerprint density at radius 1 is 1.03 bits per heavy atom. The minimum atomic E-state index is -0.269. The van der Waals surface area contributed by atoms with Gasteiger partial charge in [0.05, 0.1) is 36.3 Å². The average molecular weight is 499 g/mol. The maximum absolute atomic E-state index is 12.8. The first-order valence-corrected chi connectivity index (χ1v) is 12.7. The van der Waals surface area contributed by atoms with Crippen molar-refractivity contribution in [1.82, 2.24) is 25.1 Å². The van der Waals surface area contributed by atoms with Crippen molar-refractivity contribution in [2.75, 3.05) is 31.2 Å². The van der Waals surface area contributed by atoms with Gasteiger partial charge in [0.2, 0.25) is 0 Å². The van der Waals surface area contributed by atoms with Gasteiger partial charge in [-0.1, -0.05) is 36.4 Å². The van der Waals surface area contributed by atoms with Crippen LogP contribution >= 0.6 is 0 Å². The van der Waals surface area contributed by atoms with Gasteiger partial charge in [0.25, 0.3) is 5.91 Å². The lowest BCUT2D eigenvalue weighted by Gasteiger charge is -2.28. The Labute approximate surface area is 217 Å². The van der Waals surface area contributed by atoms with E-state index in [4.69, 9.17) is 4.74 Å². The number of aromatic amines is 1. The summed E-state index contributed by atoms with van der Waals surface area (Å²) in [4.78, 5) is 23.2. The molecule has 0 bridgehead atoms. The minimum Gasteiger partial charge on any atom is -0.378 e. The van der Waals surface area contributed by atoms with Crippen LogP contribution in [0.2, 0.25) is 0 Å². The molecule has 37 heavy (non-hydrogen) atoms. The molecule has 3 heterocycles. The van der Waals surface area contributed by atoms with E-state index in [1.165, 1.54) is 5.69 Å². The fourth-order valence-electron chi connectivity index (χ4n) is 4.51. The molecule has 0 spiro atoms. The van der Waals surface area contributed by atoms with Gasteiger partial charge in [-0.15, -0.1) is 0 Å². The summed E-state index contributed by atoms with van der Waals surface area (Å²) >= 11 is 0. The van der Waals surface area contributed by atoms with Crippen LogP contribution in [0.25, 0.3) is 22.6 Å². The van der Waals surface area contributed by atoms with Gasteiger partial charge < -0.3 is 19.9 Å². The Bertz CT molecular complexity index is 1360. The highest BCUT2D eigenvalue weighted by Crippen LogP contribution is 2.25. The highest BCUT2D eigenvalue weighted by Gasteiger charge is 2.22. The molecular formula is C29H34N6O2. The molecule has 0 aliphatic carbocycles. The highest BCUT2D eigenvalue weighted by atomic mass is 16.5. The van der Waals surface area contributed by atoms with Crippen LogP contribution in [0.3, 0.4) is 0 Å². The Balaban J connectivity index is 1.22. The predicted octanol–water partition coefficient (Wildman–Crippen LogP) is 4.77. The normalized spacial score (nSPS) is 14.1. The predicted molar refractivity (Wildman–Crippen MR) is 146 cm³/mol. The number of nitrogens with zero attached hydrogens (tertiary/aromatic N) is 4. The summed E-state index contributed by atoms with van der Waals surface area (Å²) < 4.78 is 7.23. The summed E-state index contributed by atoms with van der Waals surface area (Å²) in [5.41, 5.74) is 6.43. The zero-order chi connectivity index (χ0) is 26.0. The van der Waals surface area contributed by atoms with E-state index in [2.05, 4.69) is 49.5 Å². The molecule has 4 aromatic rings. The van der Waals surface area contributed by atoms with Crippen LogP contribution in [0, 0.1) is 6.92 Å². The van der Waals surface area contributed by atoms with Crippen molar-refractivity contribution in [3.63, 3.8) is 0 Å². The van der Waals surface area contributed by atoms with Crippen LogP contribution in [0.5, 0.6) is 0 Å². The first kappa shape index (κ1) is 24.8. The van der Waals surface area contributed by atoms with Gasteiger partial charge in [-0.2, -0.15) is 5.10 Å². The Kier molecular flexibility index (Phi) is 6.84. The van der Waals surface area contributed by atoms with Crippen LogP contribution in [0.4, 0.5) is 5.69 Å². The molecule has 1 saturated heterocycles. The fourth-order valence-corrected chi connectivity index (χ4v) is 4.51. The lowest BCUT2D eigenvalue weighted by molar-refractivity contribution is 0.0932. The second-order valence-electron chi connectivity index (χ2n) is 10.4. The number of rotatable bonds is 6. The van der Waals surface area contributed by atoms with E-state index in [-0.39, 0.29) is 11.4 Å². The van der Waals surface area contributed by atoms with Crippen LogP contribution in [-0.2, 0) is 16.8 Å². The Morgan fingerprint density at radius 2 is 1.70 bits per heavy atom. The van der Waals surface area contributed by atoms with Crippen molar-refractivity contribution in [3.8, 4) is 22.6 Å². The Morgan fingerprint density at radius 3 is 2.38 bits per heavy atom. The molecule has 8 nitrogen and oxygen atoms in total. The monoisotopic (exact) mass is 498 g/mol. The van der Waals surface area contributed by atoms with Gasteiger partial charge in [-0.05, 0) is 57.0 Å². The van der Waals surface area contributed by atoms with E-state index in [1.54, 1.807) is 4.68 Å². The van der Waals surface area contributed by atoms with E-state index in [1.807, 2.05) is 64.2 Å². The molecule has 2 aromatic heterocycles. The topological polar surface area (TPSA) is 88.1 Å². The molecular weight excluding hydrogens is 464 g/mol. The summed E-state index contributed by atoms with van der Waals surface area (Å²) in [5, 5.41) is 7.51. The average Bonchev–Trinajstić information content (AvgIpc) is 3.56. The Hall–Kier alpha value is -3.91. The maximum Gasteiger partial charge on any atom is 0.269 e. The van der Waals surface area contributed by atoms with Crippen molar-refractivity contribution in [1.29, 1.82) is 0 Å². The third-order valence-electron chi connectivity index (χ3n) is 6.51. The molecule has 1 aliphatic rings. The van der Waals surface area contributed by atoms with Crippen LogP contribution in [0.15, 0.2) is 60.8 Å². The number of aryl methyl sites for hydroxylation is 1. The molecule has 192 valence electrons. The molecule has 2 aromatic carbocycles. The molecule has 1 amide bonds. The number of aromatic nitrogens is 4. The fraction of sp³-hybridized carbons (Fsp3) is 0.345. The number of carbonyl (C=O) groups excluding carboxylic acids is 1. The van der Waals surface area contributed by atoms with Crippen LogP contribution in [0.1, 0.15) is 42.5 Å². The van der Waals surface area contributed by atoms with Gasteiger partial charge >= 0.3 is 0 Å². The van der Waals surface area contributed by atoms with Gasteiger partial charge in [0.15, 0.2) is 0 Å². The summed E-state index contributed by atoms with van der Waals surface area (Å²) in [6.45, 7) is 11.9. The summed E-state index contributed by atoms with van der Waals surface area (Å²) in [7, 11) is 0. The molecule has 8 heteroatoms. The number of hydrogen-bond acceptors (Lipinski definition) is 5. The van der Waals surface area contributed by atoms with E-state index in [0.29, 0.717) is 12.2 Å².